The maximum atomic E-state index is 12.7. The van der Waals surface area contributed by atoms with Crippen LogP contribution >= 0.6 is 0 Å². The monoisotopic (exact) mass is 320 g/mol. The third-order valence-electron chi connectivity index (χ3n) is 4.01. The lowest BCUT2D eigenvalue weighted by molar-refractivity contribution is -0.117. The van der Waals surface area contributed by atoms with Crippen LogP contribution in [-0.2, 0) is 24.9 Å². The third-order valence-corrected chi connectivity index (χ3v) is 4.01. The van der Waals surface area contributed by atoms with Crippen LogP contribution in [-0.4, -0.2) is 24.5 Å². The first-order valence-electron chi connectivity index (χ1n) is 8.11. The van der Waals surface area contributed by atoms with Crippen molar-refractivity contribution in [1.29, 1.82) is 0 Å². The topological polar surface area (TPSA) is 78.9 Å². The fourth-order valence-corrected chi connectivity index (χ4v) is 2.66. The molecule has 0 aliphatic carbocycles. The summed E-state index contributed by atoms with van der Waals surface area (Å²) in [5.41, 5.74) is 0.258. The highest BCUT2D eigenvalue weighted by Crippen LogP contribution is 2.07. The average molecular weight is 320 g/mol. The number of nitrogens with zero attached hydrogens (tertiary/aromatic N) is 4. The molecule has 2 aromatic heterocycles. The number of aryl methyl sites for hydroxylation is 2. The molecule has 0 aliphatic rings. The van der Waals surface area contributed by atoms with E-state index in [0.29, 0.717) is 43.5 Å². The fourth-order valence-electron chi connectivity index (χ4n) is 2.66. The number of carbonyl (C=O) groups excluding carboxylic acids is 1. The predicted molar refractivity (Wildman–Crippen MR) is 88.7 cm³/mol. The van der Waals surface area contributed by atoms with Gasteiger partial charge in [-0.1, -0.05) is 13.3 Å². The van der Waals surface area contributed by atoms with Crippen LogP contribution in [0.4, 0.5) is 0 Å². The molecule has 0 spiro atoms. The minimum atomic E-state index is -0.355. The lowest BCUT2D eigenvalue weighted by atomic mass is 10.2. The van der Waals surface area contributed by atoms with E-state index in [1.54, 1.807) is 20.3 Å². The number of aromatic nitrogens is 4. The van der Waals surface area contributed by atoms with E-state index >= 15 is 0 Å². The summed E-state index contributed by atoms with van der Waals surface area (Å²) in [6.07, 6.45) is 5.38. The minimum Gasteiger partial charge on any atom is -0.325 e. The van der Waals surface area contributed by atoms with Crippen molar-refractivity contribution in [2.24, 2.45) is 7.05 Å². The van der Waals surface area contributed by atoms with Gasteiger partial charge in [-0.15, -0.1) is 0 Å². The summed E-state index contributed by atoms with van der Waals surface area (Å²) in [5, 5.41) is 0. The zero-order valence-electron chi connectivity index (χ0n) is 14.0. The number of unbranched alkanes of at least 4 members (excludes halogenated alkanes) is 2. The van der Waals surface area contributed by atoms with Crippen molar-refractivity contribution in [2.75, 3.05) is 0 Å². The zero-order valence-corrected chi connectivity index (χ0v) is 14.0. The zero-order chi connectivity index (χ0) is 17.0. The Balaban J connectivity index is 2.38. The van der Waals surface area contributed by atoms with Crippen molar-refractivity contribution in [1.82, 2.24) is 18.7 Å². The van der Waals surface area contributed by atoms with Gasteiger partial charge in [0, 0.05) is 26.6 Å². The first kappa shape index (κ1) is 17.2. The molecule has 2 aromatic rings. The number of imidazole rings is 1. The van der Waals surface area contributed by atoms with Gasteiger partial charge < -0.3 is 9.36 Å². The molecule has 7 nitrogen and oxygen atoms in total. The van der Waals surface area contributed by atoms with E-state index < -0.39 is 0 Å². The van der Waals surface area contributed by atoms with Gasteiger partial charge in [0.25, 0.3) is 5.56 Å². The number of rotatable bonds is 8. The van der Waals surface area contributed by atoms with Crippen LogP contribution in [0, 0.1) is 0 Å². The van der Waals surface area contributed by atoms with Crippen LogP contribution in [0.1, 0.15) is 46.0 Å². The highest BCUT2D eigenvalue weighted by atomic mass is 16.2. The Bertz CT molecular complexity index is 813. The number of hydrogen-bond acceptors (Lipinski definition) is 4. The number of fused-ring (bicyclic) bond motifs is 1. The van der Waals surface area contributed by atoms with E-state index in [1.807, 2.05) is 4.57 Å². The Morgan fingerprint density at radius 2 is 1.91 bits per heavy atom. The second-order valence-electron chi connectivity index (χ2n) is 5.92. The molecule has 0 aliphatic heterocycles. The molecule has 126 valence electrons. The third kappa shape index (κ3) is 3.60. The van der Waals surface area contributed by atoms with E-state index in [2.05, 4.69) is 11.9 Å². The van der Waals surface area contributed by atoms with Crippen molar-refractivity contribution in [3.8, 4) is 0 Å². The molecule has 0 saturated heterocycles. The Kier molecular flexibility index (Phi) is 5.52. The minimum absolute atomic E-state index is 0.123. The number of carbonyl (C=O) groups is 1. The first-order valence-corrected chi connectivity index (χ1v) is 8.11. The Hall–Kier alpha value is -2.18. The van der Waals surface area contributed by atoms with Gasteiger partial charge in [0.2, 0.25) is 0 Å². The molecule has 23 heavy (non-hydrogen) atoms. The molecule has 0 bridgehead atoms. The lowest BCUT2D eigenvalue weighted by Crippen LogP contribution is -2.39. The van der Waals surface area contributed by atoms with E-state index in [0.717, 1.165) is 12.8 Å². The Morgan fingerprint density at radius 3 is 2.57 bits per heavy atom. The maximum absolute atomic E-state index is 12.7. The molecule has 0 saturated carbocycles. The molecule has 0 radical (unpaired) electrons. The van der Waals surface area contributed by atoms with Gasteiger partial charge in [-0.25, -0.2) is 9.78 Å². The van der Waals surface area contributed by atoms with Crippen molar-refractivity contribution < 1.29 is 4.79 Å². The smallest absolute Gasteiger partial charge is 0.325 e. The van der Waals surface area contributed by atoms with Gasteiger partial charge in [-0.05, 0) is 26.2 Å². The summed E-state index contributed by atoms with van der Waals surface area (Å²) in [6.45, 7) is 4.67. The van der Waals surface area contributed by atoms with Crippen molar-refractivity contribution in [3.05, 3.63) is 27.2 Å². The summed E-state index contributed by atoms with van der Waals surface area (Å²) in [4.78, 5) is 40.3. The van der Waals surface area contributed by atoms with Crippen LogP contribution < -0.4 is 11.2 Å². The van der Waals surface area contributed by atoms with Crippen LogP contribution in [0.15, 0.2) is 15.9 Å². The summed E-state index contributed by atoms with van der Waals surface area (Å²) in [6, 6.07) is 0. The predicted octanol–water partition coefficient (Wildman–Crippen LogP) is 1.46. The molecule has 0 N–H and O–H groups in total. The highest BCUT2D eigenvalue weighted by molar-refractivity contribution is 5.75. The lowest BCUT2D eigenvalue weighted by Gasteiger charge is -2.09. The van der Waals surface area contributed by atoms with Crippen molar-refractivity contribution in [3.63, 3.8) is 0 Å². The van der Waals surface area contributed by atoms with Gasteiger partial charge in [-0.2, -0.15) is 0 Å². The van der Waals surface area contributed by atoms with Crippen LogP contribution in [0.2, 0.25) is 0 Å². The number of hydrogen-bond donors (Lipinski definition) is 0. The molecule has 0 aromatic carbocycles. The summed E-state index contributed by atoms with van der Waals surface area (Å²) >= 11 is 0. The van der Waals surface area contributed by atoms with Gasteiger partial charge in [0.05, 0.1) is 6.33 Å². The van der Waals surface area contributed by atoms with Crippen molar-refractivity contribution in [2.45, 2.75) is 59.0 Å². The van der Waals surface area contributed by atoms with Crippen molar-refractivity contribution >= 4 is 16.9 Å². The van der Waals surface area contributed by atoms with E-state index in [-0.39, 0.29) is 17.0 Å². The summed E-state index contributed by atoms with van der Waals surface area (Å²) < 4.78 is 4.50. The second kappa shape index (κ2) is 7.39. The van der Waals surface area contributed by atoms with Gasteiger partial charge in [0.1, 0.15) is 5.78 Å². The van der Waals surface area contributed by atoms with E-state index in [4.69, 9.17) is 0 Å². The molecule has 2 heterocycles. The molecule has 7 heteroatoms. The average Bonchev–Trinajstić information content (AvgIpc) is 2.94. The molecule has 0 amide bonds. The highest BCUT2D eigenvalue weighted by Gasteiger charge is 2.15. The van der Waals surface area contributed by atoms with E-state index in [9.17, 15) is 14.4 Å². The van der Waals surface area contributed by atoms with E-state index in [1.165, 1.54) is 9.13 Å². The van der Waals surface area contributed by atoms with Crippen LogP contribution in [0.25, 0.3) is 11.2 Å². The fraction of sp³-hybridized carbons (Fsp3) is 0.625. The SMILES string of the molecule is CCCCn1cnc2c1c(=O)n(CCCCC(C)=O)c(=O)n2C. The molecular formula is C16H24N4O3. The standard InChI is InChI=1S/C16H24N4O3/c1-4-5-9-19-11-17-14-13(19)15(22)20(16(23)18(14)3)10-7-6-8-12(2)21/h11H,4-10H2,1-3H3. The molecule has 0 unspecified atom stereocenters. The van der Waals surface area contributed by atoms with Gasteiger partial charge >= 0.3 is 5.69 Å². The Labute approximate surface area is 134 Å². The van der Waals surface area contributed by atoms with Crippen LogP contribution in [0.3, 0.4) is 0 Å². The number of Topliss-reactive ketones (excluding diaryl/α,β-unsaturated/α-hetero) is 1. The number of ketones is 1. The second-order valence-corrected chi connectivity index (χ2v) is 5.92. The molecule has 0 fully saturated rings. The molecule has 0 atom stereocenters. The largest absolute Gasteiger partial charge is 0.332 e. The summed E-state index contributed by atoms with van der Waals surface area (Å²) in [7, 11) is 1.63. The van der Waals surface area contributed by atoms with Gasteiger partial charge in [0.15, 0.2) is 11.2 Å². The molecular weight excluding hydrogens is 296 g/mol. The van der Waals surface area contributed by atoms with Crippen LogP contribution in [0.5, 0.6) is 0 Å². The first-order chi connectivity index (χ1) is 11.0. The summed E-state index contributed by atoms with van der Waals surface area (Å²) in [5.74, 6) is 0.123. The maximum Gasteiger partial charge on any atom is 0.332 e. The van der Waals surface area contributed by atoms with Gasteiger partial charge in [-0.3, -0.25) is 13.9 Å². The Morgan fingerprint density at radius 1 is 1.17 bits per heavy atom. The quantitative estimate of drug-likeness (QED) is 0.690. The normalized spacial score (nSPS) is 11.3. The molecule has 2 rings (SSSR count).